The summed E-state index contributed by atoms with van der Waals surface area (Å²) in [6.45, 7) is 7.05. The highest BCUT2D eigenvalue weighted by Crippen LogP contribution is 2.56. The van der Waals surface area contributed by atoms with E-state index in [0.29, 0.717) is 24.4 Å². The molecule has 5 aliphatic rings. The zero-order valence-corrected chi connectivity index (χ0v) is 24.2. The normalized spacial score (nSPS) is 25.0. The van der Waals surface area contributed by atoms with Crippen LogP contribution < -0.4 is 9.80 Å². The Morgan fingerprint density at radius 2 is 0.791 bits per heavy atom. The molecule has 0 radical (unpaired) electrons. The first kappa shape index (κ1) is 25.8. The summed E-state index contributed by atoms with van der Waals surface area (Å²) in [5.74, 6) is 0. The lowest BCUT2D eigenvalue weighted by Gasteiger charge is -2.35. The quantitative estimate of drug-likeness (QED) is 0.190. The van der Waals surface area contributed by atoms with E-state index in [4.69, 9.17) is 18.9 Å². The van der Waals surface area contributed by atoms with Gasteiger partial charge in [-0.2, -0.15) is 0 Å². The summed E-state index contributed by atoms with van der Waals surface area (Å²) >= 11 is 0. The van der Waals surface area contributed by atoms with Crippen molar-refractivity contribution in [3.05, 3.63) is 119 Å². The number of rotatable bonds is 12. The van der Waals surface area contributed by atoms with E-state index in [2.05, 4.69) is 107 Å². The summed E-state index contributed by atoms with van der Waals surface area (Å²) in [6.07, 6.45) is 1.31. The minimum Gasteiger partial charge on any atom is -0.371 e. The molecule has 9 rings (SSSR count). The Balaban J connectivity index is 1.14. The predicted molar refractivity (Wildman–Crippen MR) is 167 cm³/mol. The second kappa shape index (κ2) is 10.2. The van der Waals surface area contributed by atoms with Crippen LogP contribution in [0.2, 0.25) is 0 Å². The van der Waals surface area contributed by atoms with Gasteiger partial charge in [-0.25, -0.2) is 0 Å². The Kier molecular flexibility index (Phi) is 6.12. The van der Waals surface area contributed by atoms with Gasteiger partial charge in [-0.05, 0) is 57.6 Å². The van der Waals surface area contributed by atoms with Crippen molar-refractivity contribution in [2.45, 2.75) is 29.8 Å². The van der Waals surface area contributed by atoms with Gasteiger partial charge in [0.25, 0.3) is 0 Å². The number of hydrogen-bond donors (Lipinski definition) is 0. The molecule has 1 aliphatic carbocycles. The second-order valence-corrected chi connectivity index (χ2v) is 12.6. The van der Waals surface area contributed by atoms with Crippen molar-refractivity contribution >= 4 is 11.4 Å². The van der Waals surface area contributed by atoms with Gasteiger partial charge >= 0.3 is 0 Å². The molecule has 4 aliphatic heterocycles. The third kappa shape index (κ3) is 4.83. The third-order valence-corrected chi connectivity index (χ3v) is 9.59. The first-order chi connectivity index (χ1) is 21.3. The summed E-state index contributed by atoms with van der Waals surface area (Å²) in [5, 5.41) is 0. The number of hydrogen-bond acceptors (Lipinski definition) is 6. The monoisotopic (exact) mass is 572 g/mol. The van der Waals surface area contributed by atoms with Crippen molar-refractivity contribution in [1.29, 1.82) is 0 Å². The largest absolute Gasteiger partial charge is 0.371 e. The summed E-state index contributed by atoms with van der Waals surface area (Å²) < 4.78 is 22.4. The average Bonchev–Trinajstić information content (AvgIpc) is 3.84. The summed E-state index contributed by atoms with van der Waals surface area (Å²) in [5.41, 5.74) is 9.87. The molecule has 0 saturated carbocycles. The van der Waals surface area contributed by atoms with Crippen molar-refractivity contribution in [2.75, 3.05) is 62.4 Å². The summed E-state index contributed by atoms with van der Waals surface area (Å²) in [7, 11) is 0. The van der Waals surface area contributed by atoms with Crippen molar-refractivity contribution in [1.82, 2.24) is 0 Å². The predicted octanol–water partition coefficient (Wildman–Crippen LogP) is 5.26. The van der Waals surface area contributed by atoms with Crippen LogP contribution in [0.1, 0.15) is 22.3 Å². The maximum absolute atomic E-state index is 5.60. The van der Waals surface area contributed by atoms with E-state index < -0.39 is 5.41 Å². The molecule has 218 valence electrons. The number of benzene rings is 4. The fourth-order valence-corrected chi connectivity index (χ4v) is 7.12. The number of anilines is 2. The van der Waals surface area contributed by atoms with E-state index in [1.54, 1.807) is 0 Å². The molecule has 0 bridgehead atoms. The highest BCUT2D eigenvalue weighted by Gasteiger charge is 2.46. The molecule has 4 saturated heterocycles. The van der Waals surface area contributed by atoms with Gasteiger partial charge in [0.2, 0.25) is 0 Å². The Morgan fingerprint density at radius 1 is 0.465 bits per heavy atom. The molecule has 4 atom stereocenters. The molecule has 0 N–H and O–H groups in total. The van der Waals surface area contributed by atoms with E-state index >= 15 is 0 Å². The zero-order valence-electron chi connectivity index (χ0n) is 24.2. The van der Waals surface area contributed by atoms with E-state index in [1.165, 1.54) is 44.8 Å². The Morgan fingerprint density at radius 3 is 1.12 bits per heavy atom. The van der Waals surface area contributed by atoms with Crippen LogP contribution in [-0.2, 0) is 24.4 Å². The molecule has 6 heteroatoms. The van der Waals surface area contributed by atoms with Crippen LogP contribution >= 0.6 is 0 Å². The van der Waals surface area contributed by atoms with E-state index in [-0.39, 0.29) is 0 Å². The first-order valence-corrected chi connectivity index (χ1v) is 15.6. The number of ether oxygens (including phenoxy) is 4. The van der Waals surface area contributed by atoms with Crippen molar-refractivity contribution in [2.24, 2.45) is 0 Å². The fourth-order valence-electron chi connectivity index (χ4n) is 7.12. The van der Waals surface area contributed by atoms with Crippen LogP contribution in [0, 0.1) is 0 Å². The highest BCUT2D eigenvalue weighted by atomic mass is 16.6. The maximum Gasteiger partial charge on any atom is 0.0984 e. The van der Waals surface area contributed by atoms with Gasteiger partial charge in [0, 0.05) is 37.6 Å². The van der Waals surface area contributed by atoms with Crippen molar-refractivity contribution in [3.8, 4) is 11.1 Å². The second-order valence-electron chi connectivity index (χ2n) is 12.6. The molecule has 0 spiro atoms. The van der Waals surface area contributed by atoms with Gasteiger partial charge in [0.1, 0.15) is 0 Å². The number of nitrogens with zero attached hydrogens (tertiary/aromatic N) is 2. The minimum atomic E-state index is -0.418. The Bertz CT molecular complexity index is 1470. The lowest BCUT2D eigenvalue weighted by molar-refractivity contribution is 0.388. The lowest BCUT2D eigenvalue weighted by atomic mass is 9.67. The van der Waals surface area contributed by atoms with Crippen LogP contribution in [0.4, 0.5) is 11.4 Å². The van der Waals surface area contributed by atoms with Gasteiger partial charge in [0.05, 0.1) is 56.3 Å². The van der Waals surface area contributed by atoms with Crippen LogP contribution in [0.3, 0.4) is 0 Å². The molecule has 4 unspecified atom stereocenters. The molecule has 4 aromatic rings. The van der Waals surface area contributed by atoms with Gasteiger partial charge in [-0.15, -0.1) is 0 Å². The number of fused-ring (bicyclic) bond motifs is 3. The molecule has 4 heterocycles. The van der Waals surface area contributed by atoms with E-state index in [1.807, 2.05) is 0 Å². The van der Waals surface area contributed by atoms with Crippen LogP contribution in [0.25, 0.3) is 11.1 Å². The van der Waals surface area contributed by atoms with E-state index in [0.717, 1.165) is 52.6 Å². The van der Waals surface area contributed by atoms with Crippen molar-refractivity contribution in [3.63, 3.8) is 0 Å². The van der Waals surface area contributed by atoms with Crippen LogP contribution in [-0.4, -0.2) is 77.0 Å². The minimum absolute atomic E-state index is 0.328. The van der Waals surface area contributed by atoms with Gasteiger partial charge in [-0.1, -0.05) is 72.8 Å². The maximum atomic E-state index is 5.60. The van der Waals surface area contributed by atoms with Crippen LogP contribution in [0.5, 0.6) is 0 Å². The lowest BCUT2D eigenvalue weighted by Crippen LogP contribution is -2.32. The number of epoxide rings is 4. The Labute approximate surface area is 252 Å². The van der Waals surface area contributed by atoms with Crippen LogP contribution in [0.15, 0.2) is 97.1 Å². The molecule has 43 heavy (non-hydrogen) atoms. The van der Waals surface area contributed by atoms with Gasteiger partial charge in [-0.3, -0.25) is 0 Å². The fraction of sp³-hybridized carbons (Fsp3) is 0.351. The third-order valence-electron chi connectivity index (χ3n) is 9.59. The highest BCUT2D eigenvalue weighted by molar-refractivity contribution is 5.86. The van der Waals surface area contributed by atoms with Crippen molar-refractivity contribution < 1.29 is 18.9 Å². The average molecular weight is 573 g/mol. The zero-order chi connectivity index (χ0) is 28.4. The molecule has 0 aromatic heterocycles. The molecular weight excluding hydrogens is 536 g/mol. The topological polar surface area (TPSA) is 56.6 Å². The van der Waals surface area contributed by atoms with E-state index in [9.17, 15) is 0 Å². The SMILES string of the molecule is c1ccc2c(c1)-c1ccccc1C2(c1ccc(N(CC2CO2)CC2CO2)cc1)c1ccc(N(CC2CO2)CC2CO2)cc1. The standard InChI is InChI=1S/C37H36N2O4/c1-3-7-35-33(5-1)34-6-2-4-8-36(34)37(35,25-9-13-27(14-10-25)38(17-29-21-40-29)18-30-22-41-30)26-11-15-28(16-12-26)39(19-31-23-42-31)20-32-24-43-32/h1-16,29-32H,17-24H2. The summed E-state index contributed by atoms with van der Waals surface area (Å²) in [4.78, 5) is 4.86. The van der Waals surface area contributed by atoms with Gasteiger partial charge < -0.3 is 28.7 Å². The first-order valence-electron chi connectivity index (χ1n) is 15.6. The Hall–Kier alpha value is -3.68. The van der Waals surface area contributed by atoms with Gasteiger partial charge in [0.15, 0.2) is 0 Å². The molecular formula is C37H36N2O4. The molecule has 6 nitrogen and oxygen atoms in total. The molecule has 4 aromatic carbocycles. The molecule has 0 amide bonds. The smallest absolute Gasteiger partial charge is 0.0984 e. The molecule has 4 fully saturated rings. The summed E-state index contributed by atoms with van der Waals surface area (Å²) in [6, 6.07) is 36.5.